The highest BCUT2D eigenvalue weighted by Gasteiger charge is 2.24. The fourth-order valence-corrected chi connectivity index (χ4v) is 3.36. The van der Waals surface area contributed by atoms with Crippen LogP contribution in [0.5, 0.6) is 0 Å². The molecule has 0 aromatic heterocycles. The average Bonchev–Trinajstić information content (AvgIpc) is 3.17. The van der Waals surface area contributed by atoms with Crippen molar-refractivity contribution in [3.8, 4) is 0 Å². The molecule has 0 radical (unpaired) electrons. The molecule has 1 saturated heterocycles. The number of non-ortho nitro benzene ring substituents is 1. The number of carbonyl (C=O) groups excluding carboxylic acids is 1. The lowest BCUT2D eigenvalue weighted by atomic mass is 10.1. The summed E-state index contributed by atoms with van der Waals surface area (Å²) in [5.74, 6) is -0.196. The number of hydrogen-bond acceptors (Lipinski definition) is 4. The third-order valence-corrected chi connectivity index (χ3v) is 4.88. The van der Waals surface area contributed by atoms with Crippen molar-refractivity contribution in [2.24, 2.45) is 0 Å². The van der Waals surface area contributed by atoms with E-state index in [1.54, 1.807) is 18.0 Å². The minimum atomic E-state index is -0.452. The molecular weight excluding hydrogens is 330 g/mol. The predicted octanol–water partition coefficient (Wildman–Crippen LogP) is 3.78. The average molecular weight is 353 g/mol. The maximum Gasteiger partial charge on any atom is 0.270 e. The molecular formula is C20H23N3O3. The van der Waals surface area contributed by atoms with Crippen LogP contribution < -0.4 is 4.90 Å². The zero-order valence-corrected chi connectivity index (χ0v) is 15.1. The number of rotatable bonds is 5. The van der Waals surface area contributed by atoms with Gasteiger partial charge in [0.1, 0.15) is 0 Å². The van der Waals surface area contributed by atoms with Gasteiger partial charge in [-0.1, -0.05) is 24.3 Å². The molecule has 26 heavy (non-hydrogen) atoms. The first-order chi connectivity index (χ1) is 12.5. The first-order valence-electron chi connectivity index (χ1n) is 8.80. The smallest absolute Gasteiger partial charge is 0.270 e. The summed E-state index contributed by atoms with van der Waals surface area (Å²) in [5.41, 5.74) is 3.31. The molecule has 1 aliphatic rings. The van der Waals surface area contributed by atoms with E-state index in [2.05, 4.69) is 4.90 Å². The molecule has 0 spiro atoms. The van der Waals surface area contributed by atoms with Crippen LogP contribution in [0.1, 0.15) is 34.3 Å². The number of anilines is 1. The van der Waals surface area contributed by atoms with E-state index in [-0.39, 0.29) is 11.6 Å². The Morgan fingerprint density at radius 3 is 2.54 bits per heavy atom. The molecule has 0 atom stereocenters. The van der Waals surface area contributed by atoms with Gasteiger partial charge in [-0.15, -0.1) is 0 Å². The number of nitro groups is 1. The van der Waals surface area contributed by atoms with Crippen LogP contribution in [0.25, 0.3) is 0 Å². The maximum atomic E-state index is 13.1. The molecule has 2 aromatic rings. The maximum absolute atomic E-state index is 13.1. The number of amides is 1. The number of carbonyl (C=O) groups is 1. The zero-order chi connectivity index (χ0) is 18.7. The fraction of sp³-hybridized carbons (Fsp3) is 0.350. The van der Waals surface area contributed by atoms with Crippen molar-refractivity contribution in [1.29, 1.82) is 0 Å². The molecule has 1 fully saturated rings. The van der Waals surface area contributed by atoms with Crippen LogP contribution >= 0.6 is 0 Å². The van der Waals surface area contributed by atoms with Crippen molar-refractivity contribution in [3.05, 3.63) is 69.3 Å². The van der Waals surface area contributed by atoms with E-state index in [0.717, 1.165) is 42.7 Å². The number of nitrogens with zero attached hydrogens (tertiary/aromatic N) is 3. The molecule has 3 rings (SSSR count). The van der Waals surface area contributed by atoms with Crippen molar-refractivity contribution in [2.75, 3.05) is 25.0 Å². The standard InChI is InChI=1S/C20H23N3O3/c1-15-7-3-4-8-16(15)14-21(2)20(24)18-13-17(23(25)26)9-10-19(18)22-11-5-6-12-22/h3-4,7-10,13H,5-6,11-12,14H2,1-2H3. The van der Waals surface area contributed by atoms with Gasteiger partial charge in [0, 0.05) is 38.8 Å². The quantitative estimate of drug-likeness (QED) is 0.606. The van der Waals surface area contributed by atoms with E-state index < -0.39 is 4.92 Å². The van der Waals surface area contributed by atoms with Crippen LogP contribution in [0.15, 0.2) is 42.5 Å². The molecule has 0 bridgehead atoms. The number of benzene rings is 2. The van der Waals surface area contributed by atoms with Gasteiger partial charge in [-0.2, -0.15) is 0 Å². The van der Waals surface area contributed by atoms with Crippen molar-refractivity contribution in [3.63, 3.8) is 0 Å². The van der Waals surface area contributed by atoms with Gasteiger partial charge in [0.15, 0.2) is 0 Å². The number of nitro benzene ring substituents is 1. The summed E-state index contributed by atoms with van der Waals surface area (Å²) in [5, 5.41) is 11.2. The molecule has 6 heteroatoms. The highest BCUT2D eigenvalue weighted by molar-refractivity contribution is 6.00. The van der Waals surface area contributed by atoms with E-state index in [1.165, 1.54) is 12.1 Å². The Morgan fingerprint density at radius 2 is 1.88 bits per heavy atom. The lowest BCUT2D eigenvalue weighted by Gasteiger charge is -2.24. The van der Waals surface area contributed by atoms with E-state index in [4.69, 9.17) is 0 Å². The van der Waals surface area contributed by atoms with Crippen LogP contribution in [-0.2, 0) is 6.54 Å². The predicted molar refractivity (Wildman–Crippen MR) is 102 cm³/mol. The Kier molecular flexibility index (Phi) is 5.21. The van der Waals surface area contributed by atoms with Crippen molar-refractivity contribution in [1.82, 2.24) is 4.90 Å². The molecule has 0 aliphatic carbocycles. The molecule has 1 aliphatic heterocycles. The van der Waals surface area contributed by atoms with Crippen LogP contribution in [0, 0.1) is 17.0 Å². The minimum Gasteiger partial charge on any atom is -0.371 e. The van der Waals surface area contributed by atoms with Gasteiger partial charge in [-0.3, -0.25) is 14.9 Å². The normalized spacial score (nSPS) is 13.7. The van der Waals surface area contributed by atoms with E-state index in [0.29, 0.717) is 12.1 Å². The summed E-state index contributed by atoms with van der Waals surface area (Å²) in [6, 6.07) is 12.5. The largest absolute Gasteiger partial charge is 0.371 e. The monoisotopic (exact) mass is 353 g/mol. The first-order valence-corrected chi connectivity index (χ1v) is 8.80. The summed E-state index contributed by atoms with van der Waals surface area (Å²) in [6.07, 6.45) is 2.15. The molecule has 6 nitrogen and oxygen atoms in total. The second-order valence-electron chi connectivity index (χ2n) is 6.74. The molecule has 0 unspecified atom stereocenters. The summed E-state index contributed by atoms with van der Waals surface area (Å²) >= 11 is 0. The van der Waals surface area contributed by atoms with Crippen molar-refractivity contribution >= 4 is 17.3 Å². The van der Waals surface area contributed by atoms with Gasteiger partial charge in [-0.25, -0.2) is 0 Å². The minimum absolute atomic E-state index is 0.0550. The summed E-state index contributed by atoms with van der Waals surface area (Å²) in [7, 11) is 1.74. The van der Waals surface area contributed by atoms with Crippen LogP contribution in [0.2, 0.25) is 0 Å². The second kappa shape index (κ2) is 7.56. The number of hydrogen-bond donors (Lipinski definition) is 0. The Hall–Kier alpha value is -2.89. The lowest BCUT2D eigenvalue weighted by molar-refractivity contribution is -0.384. The van der Waals surface area contributed by atoms with Gasteiger partial charge in [-0.05, 0) is 37.0 Å². The van der Waals surface area contributed by atoms with Gasteiger partial charge >= 0.3 is 0 Å². The van der Waals surface area contributed by atoms with E-state index in [1.807, 2.05) is 31.2 Å². The third kappa shape index (κ3) is 3.69. The van der Waals surface area contributed by atoms with Crippen LogP contribution in [0.4, 0.5) is 11.4 Å². The van der Waals surface area contributed by atoms with Gasteiger partial charge in [0.2, 0.25) is 0 Å². The summed E-state index contributed by atoms with van der Waals surface area (Å²) < 4.78 is 0. The Balaban J connectivity index is 1.92. The first kappa shape index (κ1) is 17.9. The molecule has 2 aromatic carbocycles. The zero-order valence-electron chi connectivity index (χ0n) is 15.1. The SMILES string of the molecule is Cc1ccccc1CN(C)C(=O)c1cc([N+](=O)[O-])ccc1N1CCCC1. The number of aryl methyl sites for hydroxylation is 1. The lowest BCUT2D eigenvalue weighted by Crippen LogP contribution is -2.29. The van der Waals surface area contributed by atoms with Crippen LogP contribution in [0.3, 0.4) is 0 Å². The van der Waals surface area contributed by atoms with Gasteiger partial charge < -0.3 is 9.80 Å². The van der Waals surface area contributed by atoms with Crippen molar-refractivity contribution in [2.45, 2.75) is 26.3 Å². The topological polar surface area (TPSA) is 66.7 Å². The molecule has 0 saturated carbocycles. The second-order valence-corrected chi connectivity index (χ2v) is 6.74. The summed E-state index contributed by atoms with van der Waals surface area (Å²) in [4.78, 5) is 27.6. The molecule has 136 valence electrons. The van der Waals surface area contributed by atoms with Crippen LogP contribution in [-0.4, -0.2) is 35.9 Å². The Bertz CT molecular complexity index is 829. The van der Waals surface area contributed by atoms with E-state index >= 15 is 0 Å². The van der Waals surface area contributed by atoms with E-state index in [9.17, 15) is 14.9 Å². The highest BCUT2D eigenvalue weighted by atomic mass is 16.6. The third-order valence-electron chi connectivity index (χ3n) is 4.88. The Labute approximate surface area is 153 Å². The molecule has 0 N–H and O–H groups in total. The Morgan fingerprint density at radius 1 is 1.19 bits per heavy atom. The molecule has 1 amide bonds. The molecule has 1 heterocycles. The highest BCUT2D eigenvalue weighted by Crippen LogP contribution is 2.29. The summed E-state index contributed by atoms with van der Waals surface area (Å²) in [6.45, 7) is 4.23. The van der Waals surface area contributed by atoms with Gasteiger partial charge in [0.05, 0.1) is 16.2 Å². The van der Waals surface area contributed by atoms with Gasteiger partial charge in [0.25, 0.3) is 11.6 Å². The fourth-order valence-electron chi connectivity index (χ4n) is 3.36. The van der Waals surface area contributed by atoms with Crippen molar-refractivity contribution < 1.29 is 9.72 Å².